The van der Waals surface area contributed by atoms with Gasteiger partial charge >= 0.3 is 0 Å². The molecule has 3 nitrogen and oxygen atoms in total. The second-order valence-corrected chi connectivity index (χ2v) is 5.48. The molecule has 1 aliphatic rings. The van der Waals surface area contributed by atoms with Crippen LogP contribution in [0.1, 0.15) is 55.8 Å². The van der Waals surface area contributed by atoms with Gasteiger partial charge in [0.2, 0.25) is 0 Å². The van der Waals surface area contributed by atoms with Gasteiger partial charge in [-0.25, -0.2) is 0 Å². The van der Waals surface area contributed by atoms with E-state index in [1.807, 2.05) is 24.3 Å². The molecule has 3 heteroatoms. The number of ether oxygens (including phenoxy) is 1. The van der Waals surface area contributed by atoms with Gasteiger partial charge in [0.25, 0.3) is 0 Å². The number of carbonyl (C=O) groups excluding carboxylic acids is 1. The zero-order chi connectivity index (χ0) is 14.2. The van der Waals surface area contributed by atoms with Gasteiger partial charge in [0.05, 0.1) is 6.61 Å². The molecule has 0 saturated carbocycles. The van der Waals surface area contributed by atoms with E-state index in [2.05, 4.69) is 12.2 Å². The van der Waals surface area contributed by atoms with Crippen molar-refractivity contribution < 1.29 is 9.53 Å². The monoisotopic (exact) mass is 275 g/mol. The molecule has 1 unspecified atom stereocenters. The number of nitrogens with one attached hydrogen (secondary N) is 1. The molecule has 1 saturated heterocycles. The summed E-state index contributed by atoms with van der Waals surface area (Å²) in [6, 6.07) is 8.06. The summed E-state index contributed by atoms with van der Waals surface area (Å²) in [5.74, 6) is 1.08. The van der Waals surface area contributed by atoms with Gasteiger partial charge in [-0.3, -0.25) is 4.79 Å². The fourth-order valence-corrected chi connectivity index (χ4v) is 2.58. The molecule has 1 aromatic carbocycles. The second-order valence-electron chi connectivity index (χ2n) is 5.48. The van der Waals surface area contributed by atoms with E-state index in [1.165, 1.54) is 19.3 Å². The van der Waals surface area contributed by atoms with Gasteiger partial charge in [0.1, 0.15) is 5.75 Å². The number of rotatable bonds is 7. The number of hydrogen-bond acceptors (Lipinski definition) is 3. The first kappa shape index (κ1) is 15.0. The topological polar surface area (TPSA) is 38.3 Å². The van der Waals surface area contributed by atoms with Crippen LogP contribution < -0.4 is 10.1 Å². The fraction of sp³-hybridized carbons (Fsp3) is 0.588. The lowest BCUT2D eigenvalue weighted by atomic mass is 9.97. The fourth-order valence-electron chi connectivity index (χ4n) is 2.58. The van der Waals surface area contributed by atoms with E-state index >= 15 is 0 Å². The van der Waals surface area contributed by atoms with Crippen molar-refractivity contribution in [3.05, 3.63) is 29.8 Å². The molecule has 0 bridgehead atoms. The Bertz CT molecular complexity index is 408. The van der Waals surface area contributed by atoms with Gasteiger partial charge in [0, 0.05) is 18.0 Å². The molecule has 0 amide bonds. The van der Waals surface area contributed by atoms with Crippen molar-refractivity contribution in [1.29, 1.82) is 0 Å². The highest BCUT2D eigenvalue weighted by Crippen LogP contribution is 2.17. The van der Waals surface area contributed by atoms with Crippen molar-refractivity contribution in [3.63, 3.8) is 0 Å². The summed E-state index contributed by atoms with van der Waals surface area (Å²) < 4.78 is 5.52. The van der Waals surface area contributed by atoms with Crippen LogP contribution in [0, 0.1) is 0 Å². The Labute approximate surface area is 121 Å². The van der Waals surface area contributed by atoms with E-state index in [4.69, 9.17) is 4.74 Å². The molecular weight excluding hydrogens is 250 g/mol. The zero-order valence-corrected chi connectivity index (χ0v) is 12.4. The molecule has 110 valence electrons. The minimum atomic E-state index is 0.236. The Hall–Kier alpha value is -1.35. The third-order valence-electron chi connectivity index (χ3n) is 3.78. The summed E-state index contributed by atoms with van der Waals surface area (Å²) in [6.07, 6.45) is 6.34. The molecule has 0 radical (unpaired) electrons. The lowest BCUT2D eigenvalue weighted by molar-refractivity contribution is 0.0974. The van der Waals surface area contributed by atoms with Crippen LogP contribution in [-0.4, -0.2) is 25.0 Å². The van der Waals surface area contributed by atoms with Gasteiger partial charge in [-0.1, -0.05) is 13.3 Å². The SMILES string of the molecule is CCCOc1ccc(C(=O)CCC2CCCCN2)cc1. The van der Waals surface area contributed by atoms with Crippen molar-refractivity contribution in [2.75, 3.05) is 13.2 Å². The molecule has 1 aliphatic heterocycles. The molecule has 1 N–H and O–H groups in total. The Balaban J connectivity index is 1.79. The van der Waals surface area contributed by atoms with Crippen molar-refractivity contribution in [2.24, 2.45) is 0 Å². The van der Waals surface area contributed by atoms with Gasteiger partial charge in [-0.2, -0.15) is 0 Å². The zero-order valence-electron chi connectivity index (χ0n) is 12.4. The number of ketones is 1. The summed E-state index contributed by atoms with van der Waals surface area (Å²) in [4.78, 5) is 12.1. The van der Waals surface area contributed by atoms with Crippen LogP contribution in [-0.2, 0) is 0 Å². The van der Waals surface area contributed by atoms with Crippen LogP contribution in [0.4, 0.5) is 0 Å². The Morgan fingerprint density at radius 2 is 2.10 bits per heavy atom. The maximum atomic E-state index is 12.1. The molecule has 1 aromatic rings. The maximum Gasteiger partial charge on any atom is 0.162 e. The standard InChI is InChI=1S/C17H25NO2/c1-2-13-20-16-9-6-14(7-10-16)17(19)11-8-15-5-3-4-12-18-15/h6-7,9-10,15,18H,2-5,8,11-13H2,1H3. The second kappa shape index (κ2) is 8.05. The van der Waals surface area contributed by atoms with Gasteiger partial charge in [-0.05, 0) is 56.5 Å². The highest BCUT2D eigenvalue weighted by atomic mass is 16.5. The highest BCUT2D eigenvalue weighted by Gasteiger charge is 2.14. The normalized spacial score (nSPS) is 18.8. The minimum absolute atomic E-state index is 0.236. The molecule has 0 aliphatic carbocycles. The first-order valence-corrected chi connectivity index (χ1v) is 7.79. The van der Waals surface area contributed by atoms with E-state index in [0.29, 0.717) is 12.5 Å². The molecule has 0 spiro atoms. The first-order chi connectivity index (χ1) is 9.79. The average Bonchev–Trinajstić information content (AvgIpc) is 2.52. The largest absolute Gasteiger partial charge is 0.494 e. The molecule has 0 aromatic heterocycles. The van der Waals surface area contributed by atoms with Crippen LogP contribution in [0.2, 0.25) is 0 Å². The van der Waals surface area contributed by atoms with E-state index < -0.39 is 0 Å². The average molecular weight is 275 g/mol. The summed E-state index contributed by atoms with van der Waals surface area (Å²) in [5, 5.41) is 3.49. The minimum Gasteiger partial charge on any atom is -0.494 e. The van der Waals surface area contributed by atoms with Crippen LogP contribution in [0.25, 0.3) is 0 Å². The van der Waals surface area contributed by atoms with E-state index in [0.717, 1.165) is 37.3 Å². The smallest absolute Gasteiger partial charge is 0.162 e. The van der Waals surface area contributed by atoms with E-state index in [1.54, 1.807) is 0 Å². The Morgan fingerprint density at radius 3 is 2.75 bits per heavy atom. The maximum absolute atomic E-state index is 12.1. The summed E-state index contributed by atoms with van der Waals surface area (Å²) in [6.45, 7) is 3.90. The van der Waals surface area contributed by atoms with Crippen molar-refractivity contribution in [1.82, 2.24) is 5.32 Å². The lowest BCUT2D eigenvalue weighted by Gasteiger charge is -2.22. The third kappa shape index (κ3) is 4.64. The number of piperidine rings is 1. The number of hydrogen-bond donors (Lipinski definition) is 1. The molecule has 2 rings (SSSR count). The molecule has 1 heterocycles. The van der Waals surface area contributed by atoms with Crippen LogP contribution in [0.3, 0.4) is 0 Å². The van der Waals surface area contributed by atoms with Crippen LogP contribution in [0.5, 0.6) is 5.75 Å². The van der Waals surface area contributed by atoms with Crippen molar-refractivity contribution >= 4 is 5.78 Å². The summed E-state index contributed by atoms with van der Waals surface area (Å²) in [7, 11) is 0. The summed E-state index contributed by atoms with van der Waals surface area (Å²) in [5.41, 5.74) is 0.796. The first-order valence-electron chi connectivity index (χ1n) is 7.79. The molecular formula is C17H25NO2. The van der Waals surface area contributed by atoms with Crippen LogP contribution >= 0.6 is 0 Å². The molecule has 1 atom stereocenters. The summed E-state index contributed by atoms with van der Waals surface area (Å²) >= 11 is 0. The van der Waals surface area contributed by atoms with Gasteiger partial charge in [0.15, 0.2) is 5.78 Å². The van der Waals surface area contributed by atoms with Gasteiger partial charge in [-0.15, -0.1) is 0 Å². The van der Waals surface area contributed by atoms with Crippen molar-refractivity contribution in [3.8, 4) is 5.75 Å². The predicted octanol–water partition coefficient (Wildman–Crippen LogP) is 3.58. The van der Waals surface area contributed by atoms with Crippen molar-refractivity contribution in [2.45, 2.75) is 51.5 Å². The molecule has 20 heavy (non-hydrogen) atoms. The number of Topliss-reactive ketones (excluding diaryl/α,β-unsaturated/α-hetero) is 1. The van der Waals surface area contributed by atoms with E-state index in [-0.39, 0.29) is 5.78 Å². The van der Waals surface area contributed by atoms with E-state index in [9.17, 15) is 4.79 Å². The molecule has 1 fully saturated rings. The highest BCUT2D eigenvalue weighted by molar-refractivity contribution is 5.96. The van der Waals surface area contributed by atoms with Gasteiger partial charge < -0.3 is 10.1 Å². The lowest BCUT2D eigenvalue weighted by Crippen LogP contribution is -2.34. The number of benzene rings is 1. The quantitative estimate of drug-likeness (QED) is 0.773. The van der Waals surface area contributed by atoms with Crippen LogP contribution in [0.15, 0.2) is 24.3 Å². The Morgan fingerprint density at radius 1 is 1.30 bits per heavy atom. The number of carbonyl (C=O) groups is 1. The third-order valence-corrected chi connectivity index (χ3v) is 3.78. The Kier molecular flexibility index (Phi) is 6.06. The predicted molar refractivity (Wildman–Crippen MR) is 81.4 cm³/mol.